The first-order valence-corrected chi connectivity index (χ1v) is 11.0. The summed E-state index contributed by atoms with van der Waals surface area (Å²) in [6.07, 6.45) is 4.78. The van der Waals surface area contributed by atoms with Gasteiger partial charge in [-0.3, -0.25) is 14.4 Å². The minimum atomic E-state index is -0.413. The van der Waals surface area contributed by atoms with E-state index in [1.807, 2.05) is 0 Å². The topological polar surface area (TPSA) is 95.5 Å². The van der Waals surface area contributed by atoms with Crippen LogP contribution in [-0.2, 0) is 4.79 Å². The number of fused-ring (bicyclic) bond motifs is 1. The second kappa shape index (κ2) is 8.63. The predicted octanol–water partition coefficient (Wildman–Crippen LogP) is 3.79. The molecule has 0 radical (unpaired) electrons. The molecule has 166 valence electrons. The van der Waals surface area contributed by atoms with Gasteiger partial charge in [-0.05, 0) is 49.2 Å². The number of amides is 3. The monoisotopic (exact) mass is 461 g/mol. The molecule has 2 aliphatic rings. The molecule has 3 heterocycles. The Morgan fingerprint density at radius 1 is 0.939 bits per heavy atom. The van der Waals surface area contributed by atoms with Crippen LogP contribution in [0.4, 0.5) is 17.3 Å². The summed E-state index contributed by atoms with van der Waals surface area (Å²) in [5.41, 5.74) is 1.50. The molecule has 1 N–H and O–H groups in total. The molecule has 9 heteroatoms. The molecular weight excluding hydrogens is 442 g/mol. The van der Waals surface area contributed by atoms with E-state index in [4.69, 9.17) is 11.6 Å². The highest BCUT2D eigenvalue weighted by atomic mass is 35.5. The van der Waals surface area contributed by atoms with Crippen LogP contribution in [0, 0.1) is 5.92 Å². The fourth-order valence-corrected chi connectivity index (χ4v) is 4.48. The van der Waals surface area contributed by atoms with Crippen LogP contribution in [0.1, 0.15) is 33.6 Å². The van der Waals surface area contributed by atoms with Crippen molar-refractivity contribution in [1.29, 1.82) is 0 Å². The molecule has 5 rings (SSSR count). The molecule has 1 saturated heterocycles. The van der Waals surface area contributed by atoms with Gasteiger partial charge in [-0.25, -0.2) is 14.9 Å². The number of rotatable bonds is 4. The van der Waals surface area contributed by atoms with Crippen LogP contribution in [0.15, 0.2) is 60.9 Å². The second-order valence-electron chi connectivity index (χ2n) is 7.96. The third-order valence-corrected chi connectivity index (χ3v) is 6.25. The van der Waals surface area contributed by atoms with Crippen molar-refractivity contribution in [3.8, 4) is 0 Å². The number of imide groups is 1. The summed E-state index contributed by atoms with van der Waals surface area (Å²) < 4.78 is 0. The van der Waals surface area contributed by atoms with Crippen molar-refractivity contribution in [1.82, 2.24) is 9.97 Å². The number of piperidine rings is 1. The van der Waals surface area contributed by atoms with Crippen molar-refractivity contribution < 1.29 is 14.4 Å². The van der Waals surface area contributed by atoms with Crippen molar-refractivity contribution in [2.75, 3.05) is 28.2 Å². The Morgan fingerprint density at radius 3 is 2.18 bits per heavy atom. The normalized spacial score (nSPS) is 16.2. The summed E-state index contributed by atoms with van der Waals surface area (Å²) in [6, 6.07) is 13.2. The average molecular weight is 462 g/mol. The molecule has 1 aromatic heterocycles. The fourth-order valence-electron chi connectivity index (χ4n) is 4.21. The molecule has 0 saturated carbocycles. The van der Waals surface area contributed by atoms with Crippen molar-refractivity contribution in [3.63, 3.8) is 0 Å². The lowest BCUT2D eigenvalue weighted by Gasteiger charge is -2.31. The second-order valence-corrected chi connectivity index (χ2v) is 8.36. The van der Waals surface area contributed by atoms with Crippen LogP contribution >= 0.6 is 11.6 Å². The number of aromatic nitrogens is 2. The Labute approximate surface area is 195 Å². The Hall–Kier alpha value is -3.78. The van der Waals surface area contributed by atoms with Gasteiger partial charge >= 0.3 is 0 Å². The summed E-state index contributed by atoms with van der Waals surface area (Å²) in [5, 5.41) is 3.11. The highest BCUT2D eigenvalue weighted by Crippen LogP contribution is 2.35. The van der Waals surface area contributed by atoms with E-state index in [9.17, 15) is 14.4 Å². The van der Waals surface area contributed by atoms with Gasteiger partial charge in [-0.1, -0.05) is 23.7 Å². The van der Waals surface area contributed by atoms with Gasteiger partial charge in [0.2, 0.25) is 11.9 Å². The SMILES string of the molecule is O=C(Nc1ccc(N2C(=O)c3ccccc3C2=O)c(Cl)c1)C1CCN(c2ncccn2)CC1. The maximum absolute atomic E-state index is 12.8. The van der Waals surface area contributed by atoms with Crippen LogP contribution < -0.4 is 15.1 Å². The van der Waals surface area contributed by atoms with Crippen molar-refractivity contribution in [3.05, 3.63) is 77.1 Å². The molecule has 3 aromatic rings. The lowest BCUT2D eigenvalue weighted by Crippen LogP contribution is -2.39. The molecule has 0 aliphatic carbocycles. The molecule has 2 aliphatic heterocycles. The van der Waals surface area contributed by atoms with Gasteiger partial charge in [-0.2, -0.15) is 0 Å². The van der Waals surface area contributed by atoms with E-state index in [0.29, 0.717) is 48.7 Å². The third-order valence-electron chi connectivity index (χ3n) is 5.95. The minimum Gasteiger partial charge on any atom is -0.341 e. The first kappa shape index (κ1) is 21.1. The van der Waals surface area contributed by atoms with E-state index in [1.165, 1.54) is 0 Å². The van der Waals surface area contributed by atoms with Gasteiger partial charge in [-0.15, -0.1) is 0 Å². The lowest BCUT2D eigenvalue weighted by atomic mass is 9.96. The first-order chi connectivity index (χ1) is 16.0. The fraction of sp³-hybridized carbons (Fsp3) is 0.208. The average Bonchev–Trinajstić information content (AvgIpc) is 3.10. The molecule has 0 unspecified atom stereocenters. The number of hydrogen-bond donors (Lipinski definition) is 1. The van der Waals surface area contributed by atoms with Crippen LogP contribution in [0.2, 0.25) is 5.02 Å². The van der Waals surface area contributed by atoms with Gasteiger partial charge in [0.25, 0.3) is 11.8 Å². The zero-order valence-electron chi connectivity index (χ0n) is 17.6. The van der Waals surface area contributed by atoms with Crippen LogP contribution in [0.3, 0.4) is 0 Å². The van der Waals surface area contributed by atoms with Crippen molar-refractivity contribution in [2.45, 2.75) is 12.8 Å². The maximum atomic E-state index is 12.8. The van der Waals surface area contributed by atoms with Gasteiger partial charge in [0.05, 0.1) is 21.8 Å². The third kappa shape index (κ3) is 3.93. The molecule has 8 nitrogen and oxygen atoms in total. The number of benzene rings is 2. The summed E-state index contributed by atoms with van der Waals surface area (Å²) >= 11 is 6.42. The van der Waals surface area contributed by atoms with E-state index < -0.39 is 11.8 Å². The molecular formula is C24H20ClN5O3. The first-order valence-electron chi connectivity index (χ1n) is 10.6. The van der Waals surface area contributed by atoms with Gasteiger partial charge < -0.3 is 10.2 Å². The number of nitrogens with one attached hydrogen (secondary N) is 1. The number of nitrogens with zero attached hydrogens (tertiary/aromatic N) is 4. The highest BCUT2D eigenvalue weighted by Gasteiger charge is 2.37. The Morgan fingerprint density at radius 2 is 1.58 bits per heavy atom. The number of carbonyl (C=O) groups excluding carboxylic acids is 3. The van der Waals surface area contributed by atoms with Crippen molar-refractivity contribution in [2.24, 2.45) is 5.92 Å². The van der Waals surface area contributed by atoms with E-state index in [2.05, 4.69) is 20.2 Å². The number of anilines is 3. The number of hydrogen-bond acceptors (Lipinski definition) is 6. The van der Waals surface area contributed by atoms with Gasteiger partial charge in [0.1, 0.15) is 0 Å². The quantitative estimate of drug-likeness (QED) is 0.594. The zero-order chi connectivity index (χ0) is 22.9. The Kier molecular flexibility index (Phi) is 5.51. The van der Waals surface area contributed by atoms with E-state index >= 15 is 0 Å². The molecule has 33 heavy (non-hydrogen) atoms. The molecule has 0 spiro atoms. The standard InChI is InChI=1S/C24H20ClN5O3/c25-19-14-16(6-7-20(19)30-22(32)17-4-1-2-5-18(17)23(30)33)28-21(31)15-8-12-29(13-9-15)24-26-10-3-11-27-24/h1-7,10-11,14-15H,8-9,12-13H2,(H,28,31). The molecule has 1 fully saturated rings. The molecule has 0 bridgehead atoms. The zero-order valence-corrected chi connectivity index (χ0v) is 18.3. The molecule has 2 aromatic carbocycles. The molecule has 0 atom stereocenters. The van der Waals surface area contributed by atoms with Gasteiger partial charge in [0.15, 0.2) is 0 Å². The molecule has 3 amide bonds. The largest absolute Gasteiger partial charge is 0.341 e. The maximum Gasteiger partial charge on any atom is 0.266 e. The lowest BCUT2D eigenvalue weighted by molar-refractivity contribution is -0.120. The Bertz CT molecular complexity index is 1210. The predicted molar refractivity (Wildman–Crippen MR) is 125 cm³/mol. The minimum absolute atomic E-state index is 0.0897. The van der Waals surface area contributed by atoms with Gasteiger partial charge in [0, 0.05) is 37.1 Å². The smallest absolute Gasteiger partial charge is 0.266 e. The van der Waals surface area contributed by atoms with Crippen LogP contribution in [0.25, 0.3) is 0 Å². The van der Waals surface area contributed by atoms with Crippen LogP contribution in [-0.4, -0.2) is 40.8 Å². The van der Waals surface area contributed by atoms with Crippen molar-refractivity contribution >= 4 is 46.6 Å². The number of carbonyl (C=O) groups is 3. The highest BCUT2D eigenvalue weighted by molar-refractivity contribution is 6.40. The summed E-state index contributed by atoms with van der Waals surface area (Å²) in [5.74, 6) is -0.383. The Balaban J connectivity index is 1.25. The summed E-state index contributed by atoms with van der Waals surface area (Å²) in [6.45, 7) is 1.39. The summed E-state index contributed by atoms with van der Waals surface area (Å²) in [4.78, 5) is 49.9. The van der Waals surface area contributed by atoms with Crippen LogP contribution in [0.5, 0.6) is 0 Å². The van der Waals surface area contributed by atoms with E-state index in [1.54, 1.807) is 60.9 Å². The van der Waals surface area contributed by atoms with E-state index in [-0.39, 0.29) is 22.5 Å². The summed E-state index contributed by atoms with van der Waals surface area (Å²) in [7, 11) is 0. The number of halogens is 1. The van der Waals surface area contributed by atoms with E-state index in [0.717, 1.165) is 4.90 Å².